The fourth-order valence-corrected chi connectivity index (χ4v) is 3.76. The van der Waals surface area contributed by atoms with Gasteiger partial charge in [0.15, 0.2) is 0 Å². The first kappa shape index (κ1) is 11.5. The molecule has 4 aromatic carbocycles. The average molecular weight is 271 g/mol. The minimum absolute atomic E-state index is 0.189. The van der Waals surface area contributed by atoms with E-state index in [1.165, 1.54) is 50.7 Å². The first-order valence-corrected chi connectivity index (χ1v) is 7.75. The number of hydrogen-bond donors (Lipinski definition) is 1. The van der Waals surface area contributed by atoms with Crippen LogP contribution in [0.15, 0.2) is 54.6 Å². The molecule has 0 bridgehead atoms. The van der Waals surface area contributed by atoms with Gasteiger partial charge < -0.3 is 5.73 Å². The molecule has 1 fully saturated rings. The number of rotatable bonds is 2. The van der Waals surface area contributed by atoms with Crippen LogP contribution in [0.4, 0.5) is 0 Å². The first-order valence-electron chi connectivity index (χ1n) is 7.75. The van der Waals surface area contributed by atoms with Crippen molar-refractivity contribution in [3.8, 4) is 0 Å². The molecule has 1 heteroatoms. The van der Waals surface area contributed by atoms with Gasteiger partial charge in [0.1, 0.15) is 0 Å². The molecule has 1 atom stereocenters. The third-order valence-corrected chi connectivity index (χ3v) is 5.05. The van der Waals surface area contributed by atoms with E-state index in [0.717, 1.165) is 0 Å². The SMILES string of the molecule is N[C@@H](c1ccc2ccc3cccc4ccc1c2c34)C1CC1. The van der Waals surface area contributed by atoms with Crippen LogP contribution in [-0.2, 0) is 0 Å². The second-order valence-electron chi connectivity index (χ2n) is 6.37. The Morgan fingerprint density at radius 2 is 1.38 bits per heavy atom. The van der Waals surface area contributed by atoms with Gasteiger partial charge in [-0.05, 0) is 56.6 Å². The highest BCUT2D eigenvalue weighted by molar-refractivity contribution is 6.23. The highest BCUT2D eigenvalue weighted by Crippen LogP contribution is 2.43. The standard InChI is InChI=1S/C20H17N/c21-20(15-6-7-15)17-11-9-14-5-4-12-2-1-3-13-8-10-16(17)19(14)18(12)13/h1-5,8-11,15,20H,6-7,21H2/t20-/m1/s1. The Kier molecular flexibility index (Phi) is 2.17. The van der Waals surface area contributed by atoms with Crippen LogP contribution in [0.1, 0.15) is 24.4 Å². The minimum atomic E-state index is 0.189. The minimum Gasteiger partial charge on any atom is -0.324 e. The normalized spacial score (nSPS) is 17.0. The second-order valence-corrected chi connectivity index (χ2v) is 6.37. The molecule has 4 aromatic rings. The van der Waals surface area contributed by atoms with Gasteiger partial charge in [-0.25, -0.2) is 0 Å². The summed E-state index contributed by atoms with van der Waals surface area (Å²) < 4.78 is 0. The van der Waals surface area contributed by atoms with Gasteiger partial charge in [-0.2, -0.15) is 0 Å². The van der Waals surface area contributed by atoms with Crippen molar-refractivity contribution in [2.24, 2.45) is 11.7 Å². The number of hydrogen-bond acceptors (Lipinski definition) is 1. The Bertz CT molecular complexity index is 950. The molecule has 0 aliphatic heterocycles. The largest absolute Gasteiger partial charge is 0.324 e. The Hall–Kier alpha value is -2.12. The molecule has 2 N–H and O–H groups in total. The molecule has 0 saturated heterocycles. The molecule has 1 nitrogen and oxygen atoms in total. The summed E-state index contributed by atoms with van der Waals surface area (Å²) in [6, 6.07) is 20.2. The summed E-state index contributed by atoms with van der Waals surface area (Å²) in [5.74, 6) is 0.684. The van der Waals surface area contributed by atoms with Crippen molar-refractivity contribution in [3.05, 3.63) is 60.2 Å². The highest BCUT2D eigenvalue weighted by Gasteiger charge is 2.30. The lowest BCUT2D eigenvalue weighted by Crippen LogP contribution is -2.12. The summed E-state index contributed by atoms with van der Waals surface area (Å²) in [6.45, 7) is 0. The average Bonchev–Trinajstić information content (AvgIpc) is 3.37. The number of nitrogens with two attached hydrogens (primary N) is 1. The van der Waals surface area contributed by atoms with Gasteiger partial charge in [0.05, 0.1) is 0 Å². The third-order valence-electron chi connectivity index (χ3n) is 5.05. The van der Waals surface area contributed by atoms with Crippen molar-refractivity contribution in [2.45, 2.75) is 18.9 Å². The van der Waals surface area contributed by atoms with Gasteiger partial charge in [-0.1, -0.05) is 54.6 Å². The van der Waals surface area contributed by atoms with Crippen LogP contribution in [0.3, 0.4) is 0 Å². The molecular formula is C20H17N. The summed E-state index contributed by atoms with van der Waals surface area (Å²) in [6.07, 6.45) is 2.56. The maximum atomic E-state index is 6.50. The molecule has 0 radical (unpaired) electrons. The van der Waals surface area contributed by atoms with E-state index < -0.39 is 0 Å². The van der Waals surface area contributed by atoms with Crippen molar-refractivity contribution in [2.75, 3.05) is 0 Å². The van der Waals surface area contributed by atoms with Gasteiger partial charge in [0.2, 0.25) is 0 Å². The van der Waals surface area contributed by atoms with E-state index in [1.807, 2.05) is 0 Å². The van der Waals surface area contributed by atoms with Crippen LogP contribution in [0.25, 0.3) is 32.3 Å². The molecular weight excluding hydrogens is 254 g/mol. The van der Waals surface area contributed by atoms with E-state index >= 15 is 0 Å². The monoisotopic (exact) mass is 271 g/mol. The predicted octanol–water partition coefficient (Wildman–Crippen LogP) is 4.99. The lowest BCUT2D eigenvalue weighted by Gasteiger charge is -2.17. The van der Waals surface area contributed by atoms with E-state index in [0.29, 0.717) is 5.92 Å². The fourth-order valence-electron chi connectivity index (χ4n) is 3.76. The lowest BCUT2D eigenvalue weighted by molar-refractivity contribution is 0.638. The molecule has 0 spiro atoms. The van der Waals surface area contributed by atoms with Gasteiger partial charge >= 0.3 is 0 Å². The van der Waals surface area contributed by atoms with Gasteiger partial charge in [-0.15, -0.1) is 0 Å². The van der Waals surface area contributed by atoms with Crippen molar-refractivity contribution in [1.82, 2.24) is 0 Å². The summed E-state index contributed by atoms with van der Waals surface area (Å²) in [4.78, 5) is 0. The molecule has 1 aliphatic rings. The summed E-state index contributed by atoms with van der Waals surface area (Å²) in [7, 11) is 0. The zero-order chi connectivity index (χ0) is 14.0. The molecule has 0 unspecified atom stereocenters. The fraction of sp³-hybridized carbons (Fsp3) is 0.200. The van der Waals surface area contributed by atoms with Gasteiger partial charge in [0, 0.05) is 6.04 Å². The Labute approximate surface area is 123 Å². The summed E-state index contributed by atoms with van der Waals surface area (Å²) >= 11 is 0. The maximum Gasteiger partial charge on any atom is 0.0329 e. The zero-order valence-corrected chi connectivity index (χ0v) is 11.8. The van der Waals surface area contributed by atoms with E-state index in [9.17, 15) is 0 Å². The molecule has 0 heterocycles. The van der Waals surface area contributed by atoms with Gasteiger partial charge in [-0.3, -0.25) is 0 Å². The van der Waals surface area contributed by atoms with Crippen LogP contribution in [-0.4, -0.2) is 0 Å². The molecule has 1 saturated carbocycles. The zero-order valence-electron chi connectivity index (χ0n) is 11.8. The smallest absolute Gasteiger partial charge is 0.0329 e. The van der Waals surface area contributed by atoms with Crippen molar-refractivity contribution < 1.29 is 0 Å². The van der Waals surface area contributed by atoms with E-state index in [4.69, 9.17) is 5.73 Å². The Morgan fingerprint density at radius 1 is 0.762 bits per heavy atom. The predicted molar refractivity (Wildman–Crippen MR) is 89.8 cm³/mol. The Morgan fingerprint density at radius 3 is 2.10 bits per heavy atom. The number of benzene rings is 4. The van der Waals surface area contributed by atoms with E-state index in [-0.39, 0.29) is 6.04 Å². The van der Waals surface area contributed by atoms with Crippen LogP contribution < -0.4 is 5.73 Å². The quantitative estimate of drug-likeness (QED) is 0.510. The second kappa shape index (κ2) is 3.96. The molecule has 5 rings (SSSR count). The molecule has 0 aromatic heterocycles. The van der Waals surface area contributed by atoms with Crippen LogP contribution in [0.2, 0.25) is 0 Å². The van der Waals surface area contributed by atoms with Crippen LogP contribution in [0.5, 0.6) is 0 Å². The van der Waals surface area contributed by atoms with Gasteiger partial charge in [0.25, 0.3) is 0 Å². The van der Waals surface area contributed by atoms with E-state index in [2.05, 4.69) is 54.6 Å². The van der Waals surface area contributed by atoms with Crippen molar-refractivity contribution in [3.63, 3.8) is 0 Å². The molecule has 102 valence electrons. The summed E-state index contributed by atoms with van der Waals surface area (Å²) in [5.41, 5.74) is 7.82. The van der Waals surface area contributed by atoms with Crippen LogP contribution >= 0.6 is 0 Å². The molecule has 0 amide bonds. The maximum absolute atomic E-state index is 6.50. The summed E-state index contributed by atoms with van der Waals surface area (Å²) in [5, 5.41) is 8.08. The van der Waals surface area contributed by atoms with E-state index in [1.54, 1.807) is 0 Å². The molecule has 21 heavy (non-hydrogen) atoms. The van der Waals surface area contributed by atoms with Crippen LogP contribution in [0, 0.1) is 5.92 Å². The third kappa shape index (κ3) is 1.55. The van der Waals surface area contributed by atoms with Crippen molar-refractivity contribution >= 4 is 32.3 Å². The lowest BCUT2D eigenvalue weighted by atomic mass is 9.89. The highest BCUT2D eigenvalue weighted by atomic mass is 14.7. The Balaban J connectivity index is 1.96. The first-order chi connectivity index (χ1) is 10.3. The molecule has 1 aliphatic carbocycles. The topological polar surface area (TPSA) is 26.0 Å². The van der Waals surface area contributed by atoms with Crippen molar-refractivity contribution in [1.29, 1.82) is 0 Å².